The standard InChI is InChI=1S/C26H29F3N4O3S/c1-5-33-16(4)21(23(34)36-14-15(2)3)22(32-25(33)37)17-10-12-18(13-11-17)30-24(35)31-20-9-7-6-8-19(20)26(27,28)29/h6-13,15,22H,5,14H2,1-4H3,(H,32,37)(H2,30,31,35). The lowest BCUT2D eigenvalue weighted by atomic mass is 9.95. The number of nitrogens with zero attached hydrogens (tertiary/aromatic N) is 1. The number of halogens is 3. The number of ether oxygens (including phenoxy) is 1. The van der Waals surface area contributed by atoms with Gasteiger partial charge in [-0.2, -0.15) is 13.2 Å². The van der Waals surface area contributed by atoms with Crippen LogP contribution in [0.1, 0.15) is 44.9 Å². The largest absolute Gasteiger partial charge is 0.462 e. The van der Waals surface area contributed by atoms with Crippen LogP contribution in [0.15, 0.2) is 59.8 Å². The summed E-state index contributed by atoms with van der Waals surface area (Å²) in [5.41, 5.74) is 0.870. The molecule has 0 fully saturated rings. The summed E-state index contributed by atoms with van der Waals surface area (Å²) < 4.78 is 45.1. The van der Waals surface area contributed by atoms with Crippen LogP contribution in [0, 0.1) is 5.92 Å². The van der Waals surface area contributed by atoms with Crippen LogP contribution in [0.25, 0.3) is 0 Å². The molecule has 0 spiro atoms. The molecule has 0 radical (unpaired) electrons. The van der Waals surface area contributed by atoms with E-state index >= 15 is 0 Å². The smallest absolute Gasteiger partial charge is 0.418 e. The number of hydrogen-bond donors (Lipinski definition) is 3. The highest BCUT2D eigenvalue weighted by atomic mass is 32.1. The van der Waals surface area contributed by atoms with Gasteiger partial charge in [-0.1, -0.05) is 38.1 Å². The van der Waals surface area contributed by atoms with E-state index in [9.17, 15) is 22.8 Å². The summed E-state index contributed by atoms with van der Waals surface area (Å²) in [7, 11) is 0. The summed E-state index contributed by atoms with van der Waals surface area (Å²) in [6, 6.07) is 9.90. The number of rotatable bonds is 7. The van der Waals surface area contributed by atoms with E-state index in [4.69, 9.17) is 17.0 Å². The van der Waals surface area contributed by atoms with Gasteiger partial charge in [-0.15, -0.1) is 0 Å². The Morgan fingerprint density at radius 2 is 1.76 bits per heavy atom. The van der Waals surface area contributed by atoms with Crippen LogP contribution in [0.2, 0.25) is 0 Å². The summed E-state index contributed by atoms with van der Waals surface area (Å²) in [6.45, 7) is 8.47. The fraction of sp³-hybridized carbons (Fsp3) is 0.346. The van der Waals surface area contributed by atoms with Crippen molar-refractivity contribution in [1.82, 2.24) is 10.2 Å². The first-order valence-corrected chi connectivity index (χ1v) is 12.1. The van der Waals surface area contributed by atoms with Crippen molar-refractivity contribution in [3.8, 4) is 0 Å². The normalized spacial score (nSPS) is 15.9. The fourth-order valence-electron chi connectivity index (χ4n) is 3.88. The molecule has 2 aromatic rings. The number of thiocarbonyl (C=S) groups is 1. The first-order chi connectivity index (χ1) is 17.4. The molecule has 0 bridgehead atoms. The molecule has 11 heteroatoms. The fourth-order valence-corrected chi connectivity index (χ4v) is 4.26. The molecular formula is C26H29F3N4O3S. The summed E-state index contributed by atoms with van der Waals surface area (Å²) in [5, 5.41) is 8.42. The third-order valence-electron chi connectivity index (χ3n) is 5.66. The van der Waals surface area contributed by atoms with Gasteiger partial charge in [-0.05, 0) is 61.8 Å². The van der Waals surface area contributed by atoms with E-state index in [1.165, 1.54) is 18.2 Å². The molecule has 198 valence electrons. The van der Waals surface area contributed by atoms with Crippen molar-refractivity contribution in [3.63, 3.8) is 0 Å². The second-order valence-corrected chi connectivity index (χ2v) is 9.25. The Kier molecular flexibility index (Phi) is 8.80. The van der Waals surface area contributed by atoms with Gasteiger partial charge in [-0.25, -0.2) is 9.59 Å². The van der Waals surface area contributed by atoms with E-state index in [1.54, 1.807) is 24.3 Å². The quantitative estimate of drug-likeness (QED) is 0.295. The number of para-hydroxylation sites is 1. The molecule has 7 nitrogen and oxygen atoms in total. The number of nitrogens with one attached hydrogen (secondary N) is 3. The number of amides is 2. The van der Waals surface area contributed by atoms with Gasteiger partial charge in [0.2, 0.25) is 0 Å². The maximum atomic E-state index is 13.2. The van der Waals surface area contributed by atoms with E-state index in [0.717, 1.165) is 6.07 Å². The van der Waals surface area contributed by atoms with Gasteiger partial charge in [0, 0.05) is 17.9 Å². The summed E-state index contributed by atoms with van der Waals surface area (Å²) in [5.74, 6) is -0.280. The molecule has 0 aromatic heterocycles. The maximum absolute atomic E-state index is 13.2. The highest BCUT2D eigenvalue weighted by Crippen LogP contribution is 2.35. The molecule has 1 unspecified atom stereocenters. The molecule has 1 atom stereocenters. The van der Waals surface area contributed by atoms with Crippen molar-refractivity contribution in [2.24, 2.45) is 5.92 Å². The molecule has 1 aliphatic heterocycles. The average molecular weight is 535 g/mol. The molecule has 0 saturated carbocycles. The molecular weight excluding hydrogens is 505 g/mol. The number of benzene rings is 2. The monoisotopic (exact) mass is 534 g/mol. The molecule has 2 aromatic carbocycles. The summed E-state index contributed by atoms with van der Waals surface area (Å²) in [6.07, 6.45) is -4.61. The Labute approximate surface area is 219 Å². The van der Waals surface area contributed by atoms with Crippen LogP contribution in [0.5, 0.6) is 0 Å². The van der Waals surface area contributed by atoms with E-state index in [2.05, 4.69) is 16.0 Å². The average Bonchev–Trinajstić information content (AvgIpc) is 2.82. The maximum Gasteiger partial charge on any atom is 0.418 e. The van der Waals surface area contributed by atoms with Crippen molar-refractivity contribution in [3.05, 3.63) is 70.9 Å². The topological polar surface area (TPSA) is 82.7 Å². The number of allylic oxidation sites excluding steroid dienone is 1. The van der Waals surface area contributed by atoms with Crippen LogP contribution in [-0.2, 0) is 15.7 Å². The van der Waals surface area contributed by atoms with E-state index in [1.807, 2.05) is 32.6 Å². The predicted octanol–water partition coefficient (Wildman–Crippen LogP) is 6.07. The molecule has 0 saturated heterocycles. The zero-order valence-electron chi connectivity index (χ0n) is 20.9. The number of hydrogen-bond acceptors (Lipinski definition) is 4. The Hall–Kier alpha value is -3.60. The van der Waals surface area contributed by atoms with E-state index in [-0.39, 0.29) is 18.2 Å². The zero-order valence-corrected chi connectivity index (χ0v) is 21.7. The number of anilines is 2. The molecule has 2 amide bonds. The summed E-state index contributed by atoms with van der Waals surface area (Å²) in [4.78, 5) is 27.2. The predicted molar refractivity (Wildman–Crippen MR) is 140 cm³/mol. The summed E-state index contributed by atoms with van der Waals surface area (Å²) >= 11 is 5.49. The number of esters is 1. The SMILES string of the molecule is CCN1C(=S)NC(c2ccc(NC(=O)Nc3ccccc3C(F)(F)F)cc2)C(C(=O)OCC(C)C)=C1C. The van der Waals surface area contributed by atoms with Crippen molar-refractivity contribution in [1.29, 1.82) is 0 Å². The zero-order chi connectivity index (χ0) is 27.3. The van der Waals surface area contributed by atoms with Gasteiger partial charge >= 0.3 is 18.2 Å². The molecule has 3 rings (SSSR count). The van der Waals surface area contributed by atoms with Crippen molar-refractivity contribution in [2.75, 3.05) is 23.8 Å². The Morgan fingerprint density at radius 3 is 2.35 bits per heavy atom. The molecule has 0 aliphatic carbocycles. The first kappa shape index (κ1) is 28.0. The molecule has 37 heavy (non-hydrogen) atoms. The lowest BCUT2D eigenvalue weighted by Crippen LogP contribution is -2.47. The van der Waals surface area contributed by atoms with Crippen LogP contribution in [-0.4, -0.2) is 35.2 Å². The van der Waals surface area contributed by atoms with Crippen LogP contribution < -0.4 is 16.0 Å². The van der Waals surface area contributed by atoms with Gasteiger partial charge in [0.1, 0.15) is 0 Å². The Bertz CT molecular complexity index is 1200. The van der Waals surface area contributed by atoms with Gasteiger partial charge in [0.05, 0.1) is 29.5 Å². The van der Waals surface area contributed by atoms with Gasteiger partial charge < -0.3 is 25.6 Å². The lowest BCUT2D eigenvalue weighted by Gasteiger charge is -2.37. The van der Waals surface area contributed by atoms with Crippen molar-refractivity contribution < 1.29 is 27.5 Å². The van der Waals surface area contributed by atoms with Crippen LogP contribution >= 0.6 is 12.2 Å². The minimum absolute atomic E-state index is 0.169. The molecule has 1 heterocycles. The highest BCUT2D eigenvalue weighted by Gasteiger charge is 2.35. The lowest BCUT2D eigenvalue weighted by molar-refractivity contribution is -0.140. The van der Waals surface area contributed by atoms with E-state index < -0.39 is 29.8 Å². The number of alkyl halides is 3. The number of urea groups is 1. The van der Waals surface area contributed by atoms with Gasteiger partial charge in [0.15, 0.2) is 5.11 Å². The van der Waals surface area contributed by atoms with Crippen molar-refractivity contribution >= 4 is 40.7 Å². The second-order valence-electron chi connectivity index (χ2n) is 8.86. The number of carbonyl (C=O) groups excluding carboxylic acids is 2. The Morgan fingerprint density at radius 1 is 1.11 bits per heavy atom. The van der Waals surface area contributed by atoms with Crippen molar-refractivity contribution in [2.45, 2.75) is 39.9 Å². The third-order valence-corrected chi connectivity index (χ3v) is 6.00. The van der Waals surface area contributed by atoms with E-state index in [0.29, 0.717) is 34.2 Å². The third kappa shape index (κ3) is 6.79. The van der Waals surface area contributed by atoms with Crippen LogP contribution in [0.3, 0.4) is 0 Å². The minimum Gasteiger partial charge on any atom is -0.462 e. The highest BCUT2D eigenvalue weighted by molar-refractivity contribution is 7.80. The minimum atomic E-state index is -4.61. The van der Waals surface area contributed by atoms with Gasteiger partial charge in [-0.3, -0.25) is 0 Å². The second kappa shape index (κ2) is 11.6. The first-order valence-electron chi connectivity index (χ1n) is 11.7. The molecule has 3 N–H and O–H groups in total. The molecule has 1 aliphatic rings. The van der Waals surface area contributed by atoms with Gasteiger partial charge in [0.25, 0.3) is 0 Å². The van der Waals surface area contributed by atoms with Crippen LogP contribution in [0.4, 0.5) is 29.3 Å². The Balaban J connectivity index is 1.80. The number of carbonyl (C=O) groups is 2.